The first-order chi connectivity index (χ1) is 15.4. The number of rotatable bonds is 7. The van der Waals surface area contributed by atoms with Gasteiger partial charge in [-0.15, -0.1) is 0 Å². The summed E-state index contributed by atoms with van der Waals surface area (Å²) in [5.74, 6) is 1.13. The van der Waals surface area contributed by atoms with Crippen molar-refractivity contribution in [2.75, 3.05) is 0 Å². The van der Waals surface area contributed by atoms with Crippen LogP contribution in [0, 0.1) is 34.8 Å². The van der Waals surface area contributed by atoms with Crippen molar-refractivity contribution in [3.05, 3.63) is 53.5 Å². The van der Waals surface area contributed by atoms with Crippen LogP contribution in [-0.4, -0.2) is 11.6 Å². The zero-order valence-electron chi connectivity index (χ0n) is 18.2. The fourth-order valence-corrected chi connectivity index (χ4v) is 6.61. The van der Waals surface area contributed by atoms with Crippen molar-refractivity contribution in [3.63, 3.8) is 0 Å². The summed E-state index contributed by atoms with van der Waals surface area (Å²) in [4.78, 5) is 12.4. The second kappa shape index (κ2) is 8.34. The summed E-state index contributed by atoms with van der Waals surface area (Å²) >= 11 is 0. The van der Waals surface area contributed by atoms with Crippen molar-refractivity contribution < 1.29 is 22.7 Å². The van der Waals surface area contributed by atoms with Crippen LogP contribution in [0.15, 0.2) is 39.9 Å². The van der Waals surface area contributed by atoms with E-state index in [9.17, 15) is 13.6 Å². The molecule has 4 aliphatic rings. The molecule has 1 aromatic heterocycles. The summed E-state index contributed by atoms with van der Waals surface area (Å²) in [6.07, 6.45) is 9.07. The molecule has 0 aliphatic heterocycles. The predicted octanol–water partition coefficient (Wildman–Crippen LogP) is 5.85. The number of carbonyl (C=O) groups is 1. The first-order valence-electron chi connectivity index (χ1n) is 11.4. The Morgan fingerprint density at radius 1 is 1.12 bits per heavy atom. The van der Waals surface area contributed by atoms with Gasteiger partial charge in [0.1, 0.15) is 18.2 Å². The van der Waals surface area contributed by atoms with Crippen LogP contribution in [0.3, 0.4) is 0 Å². The molecule has 4 aliphatic carbocycles. The lowest BCUT2D eigenvalue weighted by Crippen LogP contribution is -2.46. The molecular formula is C25H28F2N2O3. The topological polar surface area (TPSA) is 63.8 Å². The summed E-state index contributed by atoms with van der Waals surface area (Å²) in [6, 6.07) is 6.19. The standard InChI is InChI=1S/C25H28F2N2O3/c1-15(10-25-11-16-6-17(12-25)8-18(7-16)13-25)28-29-24(30)23-5-3-20(32-23)14-31-22-4-2-19(26)9-21(22)27/h2-5,9,16-18H,6-8,10-14H2,1H3,(H,29,30)/b28-15+. The summed E-state index contributed by atoms with van der Waals surface area (Å²) < 4.78 is 37.4. The van der Waals surface area contributed by atoms with Crippen LogP contribution in [0.2, 0.25) is 0 Å². The van der Waals surface area contributed by atoms with Crippen molar-refractivity contribution in [3.8, 4) is 5.75 Å². The third-order valence-electron chi connectivity index (χ3n) is 7.29. The second-order valence-corrected chi connectivity index (χ2v) is 10.0. The number of amides is 1. The van der Waals surface area contributed by atoms with Crippen LogP contribution < -0.4 is 10.2 Å². The lowest BCUT2D eigenvalue weighted by Gasteiger charge is -2.57. The maximum absolute atomic E-state index is 13.7. The van der Waals surface area contributed by atoms with E-state index in [-0.39, 0.29) is 18.1 Å². The number of hydrogen-bond acceptors (Lipinski definition) is 4. The largest absolute Gasteiger partial charge is 0.483 e. The van der Waals surface area contributed by atoms with Crippen LogP contribution in [0.25, 0.3) is 0 Å². The summed E-state index contributed by atoms with van der Waals surface area (Å²) in [5, 5.41) is 4.34. The minimum atomic E-state index is -0.793. The number of hydrogen-bond donors (Lipinski definition) is 1. The Hall–Kier alpha value is -2.70. The molecule has 0 spiro atoms. The molecule has 2 aromatic rings. The average molecular weight is 443 g/mol. The van der Waals surface area contributed by atoms with Crippen molar-refractivity contribution >= 4 is 11.6 Å². The Balaban J connectivity index is 1.15. The van der Waals surface area contributed by atoms with Crippen LogP contribution in [0.1, 0.15) is 68.2 Å². The van der Waals surface area contributed by atoms with Crippen molar-refractivity contribution in [1.82, 2.24) is 5.43 Å². The van der Waals surface area contributed by atoms with E-state index in [1.807, 2.05) is 6.92 Å². The number of ether oxygens (including phenoxy) is 1. The monoisotopic (exact) mass is 442 g/mol. The van der Waals surface area contributed by atoms with Crippen LogP contribution >= 0.6 is 0 Å². The zero-order chi connectivity index (χ0) is 22.3. The molecule has 32 heavy (non-hydrogen) atoms. The van der Waals surface area contributed by atoms with E-state index in [1.165, 1.54) is 50.7 Å². The highest BCUT2D eigenvalue weighted by Crippen LogP contribution is 2.61. The number of benzene rings is 1. The SMILES string of the molecule is C/C(CC12CC3CC(CC(C3)C1)C2)=N\NC(=O)c1ccc(COc2ccc(F)cc2F)o1. The minimum Gasteiger partial charge on any atom is -0.483 e. The maximum Gasteiger partial charge on any atom is 0.307 e. The fourth-order valence-electron chi connectivity index (χ4n) is 6.61. The van der Waals surface area contributed by atoms with Crippen LogP contribution in [0.5, 0.6) is 5.75 Å². The van der Waals surface area contributed by atoms with E-state index in [2.05, 4.69) is 10.5 Å². The smallest absolute Gasteiger partial charge is 0.307 e. The van der Waals surface area contributed by atoms with Gasteiger partial charge in [-0.3, -0.25) is 4.79 Å². The molecule has 1 heterocycles. The molecule has 0 saturated heterocycles. The van der Waals surface area contributed by atoms with Crippen LogP contribution in [-0.2, 0) is 6.61 Å². The fraction of sp³-hybridized carbons (Fsp3) is 0.520. The van der Waals surface area contributed by atoms with Gasteiger partial charge in [-0.05, 0) is 99.3 Å². The Morgan fingerprint density at radius 2 is 1.81 bits per heavy atom. The molecule has 4 bridgehead atoms. The molecule has 1 amide bonds. The first kappa shape index (κ1) is 21.2. The minimum absolute atomic E-state index is 0.0792. The molecule has 0 atom stereocenters. The van der Waals surface area contributed by atoms with Gasteiger partial charge in [-0.25, -0.2) is 14.2 Å². The lowest BCUT2D eigenvalue weighted by molar-refractivity contribution is -0.0482. The van der Waals surface area contributed by atoms with Crippen molar-refractivity contribution in [2.24, 2.45) is 28.3 Å². The Labute approximate surface area is 186 Å². The first-order valence-corrected chi connectivity index (χ1v) is 11.4. The predicted molar refractivity (Wildman–Crippen MR) is 115 cm³/mol. The maximum atomic E-state index is 13.7. The van der Waals surface area contributed by atoms with Crippen LogP contribution in [0.4, 0.5) is 8.78 Å². The highest BCUT2D eigenvalue weighted by molar-refractivity contribution is 5.93. The number of halogens is 2. The van der Waals surface area contributed by atoms with Crippen molar-refractivity contribution in [1.29, 1.82) is 0 Å². The number of furan rings is 1. The van der Waals surface area contributed by atoms with Gasteiger partial charge in [0.25, 0.3) is 0 Å². The second-order valence-electron chi connectivity index (χ2n) is 10.0. The van der Waals surface area contributed by atoms with E-state index in [0.717, 1.165) is 42.0 Å². The van der Waals surface area contributed by atoms with E-state index < -0.39 is 17.5 Å². The normalized spacial score (nSPS) is 28.7. The molecule has 0 unspecified atom stereocenters. The molecular weight excluding hydrogens is 414 g/mol. The molecule has 0 radical (unpaired) electrons. The molecule has 7 heteroatoms. The van der Waals surface area contributed by atoms with Gasteiger partial charge >= 0.3 is 5.91 Å². The molecule has 4 saturated carbocycles. The number of nitrogens with one attached hydrogen (secondary N) is 1. The van der Waals surface area contributed by atoms with Gasteiger partial charge in [0, 0.05) is 11.8 Å². The Morgan fingerprint density at radius 3 is 2.47 bits per heavy atom. The third-order valence-corrected chi connectivity index (χ3v) is 7.29. The third kappa shape index (κ3) is 4.43. The van der Waals surface area contributed by atoms with E-state index in [0.29, 0.717) is 11.2 Å². The number of hydrazone groups is 1. The molecule has 1 aromatic carbocycles. The molecule has 5 nitrogen and oxygen atoms in total. The van der Waals surface area contributed by atoms with Gasteiger partial charge < -0.3 is 9.15 Å². The highest BCUT2D eigenvalue weighted by Gasteiger charge is 2.50. The Kier molecular flexibility index (Phi) is 5.51. The van der Waals surface area contributed by atoms with Gasteiger partial charge in [0.05, 0.1) is 0 Å². The van der Waals surface area contributed by atoms with Gasteiger partial charge in [-0.1, -0.05) is 0 Å². The average Bonchev–Trinajstić information content (AvgIpc) is 3.19. The Bertz CT molecular complexity index is 1010. The van der Waals surface area contributed by atoms with Gasteiger partial charge in [-0.2, -0.15) is 5.10 Å². The van der Waals surface area contributed by atoms with E-state index in [1.54, 1.807) is 6.07 Å². The van der Waals surface area contributed by atoms with E-state index in [4.69, 9.17) is 9.15 Å². The molecule has 1 N–H and O–H groups in total. The summed E-state index contributed by atoms with van der Waals surface area (Å²) in [5.41, 5.74) is 3.92. The lowest BCUT2D eigenvalue weighted by atomic mass is 9.48. The number of carbonyl (C=O) groups excluding carboxylic acids is 1. The van der Waals surface area contributed by atoms with Gasteiger partial charge in [0.2, 0.25) is 0 Å². The molecule has 170 valence electrons. The van der Waals surface area contributed by atoms with E-state index >= 15 is 0 Å². The summed E-state index contributed by atoms with van der Waals surface area (Å²) in [7, 11) is 0. The molecule has 4 fully saturated rings. The quantitative estimate of drug-likeness (QED) is 0.432. The summed E-state index contributed by atoms with van der Waals surface area (Å²) in [6.45, 7) is 1.90. The highest BCUT2D eigenvalue weighted by atomic mass is 19.1. The van der Waals surface area contributed by atoms with Crippen molar-refractivity contribution in [2.45, 2.75) is 58.5 Å². The van der Waals surface area contributed by atoms with Gasteiger partial charge in [0.15, 0.2) is 17.3 Å². The number of nitrogens with zero attached hydrogens (tertiary/aromatic N) is 1. The molecule has 6 rings (SSSR count). The zero-order valence-corrected chi connectivity index (χ0v) is 18.2.